The quantitative estimate of drug-likeness (QED) is 0.684. The second-order valence-electron chi connectivity index (χ2n) is 5.17. The topological polar surface area (TPSA) is 55.6 Å². The molecule has 1 amide bonds. The zero-order valence-corrected chi connectivity index (χ0v) is 14.7. The molecule has 2 heterocycles. The highest BCUT2D eigenvalue weighted by Gasteiger charge is 2.03. The van der Waals surface area contributed by atoms with Crippen LogP contribution in [0.5, 0.6) is 5.75 Å². The molecule has 0 bridgehead atoms. The summed E-state index contributed by atoms with van der Waals surface area (Å²) in [6, 6.07) is 11.4. The van der Waals surface area contributed by atoms with Crippen molar-refractivity contribution in [3.8, 4) is 5.75 Å². The first-order chi connectivity index (χ1) is 11.6. The summed E-state index contributed by atoms with van der Waals surface area (Å²) in [4.78, 5) is 16.4. The molecule has 24 heavy (non-hydrogen) atoms. The van der Waals surface area contributed by atoms with Crippen LogP contribution in [0.1, 0.15) is 11.3 Å². The number of nitrogens with one attached hydrogen (secondary N) is 1. The molecule has 0 aliphatic rings. The maximum Gasteiger partial charge on any atom is 0.244 e. The van der Waals surface area contributed by atoms with Gasteiger partial charge in [0.15, 0.2) is 0 Å². The van der Waals surface area contributed by atoms with Crippen molar-refractivity contribution in [3.05, 3.63) is 70.6 Å². The Labute approximate surface area is 148 Å². The maximum atomic E-state index is 11.9. The number of hydrogen-bond donors (Lipinski definition) is 1. The Morgan fingerprint density at radius 2 is 2.21 bits per heavy atom. The van der Waals surface area contributed by atoms with Crippen molar-refractivity contribution in [2.45, 2.75) is 6.54 Å². The van der Waals surface area contributed by atoms with Crippen LogP contribution in [0.2, 0.25) is 0 Å². The molecule has 0 atom stereocenters. The molecule has 2 aromatic heterocycles. The predicted octanol–water partition coefficient (Wildman–Crippen LogP) is 3.44. The lowest BCUT2D eigenvalue weighted by molar-refractivity contribution is -0.116. The molecule has 1 N–H and O–H groups in total. The average Bonchev–Trinajstić information content (AvgIpc) is 3.00. The molecule has 6 heteroatoms. The molecule has 122 valence electrons. The number of carbonyl (C=O) groups is 1. The molecule has 0 radical (unpaired) electrons. The number of rotatable bonds is 5. The standard InChI is InChI=1S/C18H16BrN3O2/c1-24-16-4-2-3-13(9-16)5-8-18(23)20-10-15-12-22-11-14(19)6-7-17(22)21-15/h2-9,11-12H,10H2,1H3,(H,20,23)/b8-5+. The minimum absolute atomic E-state index is 0.170. The fourth-order valence-corrected chi connectivity index (χ4v) is 2.61. The van der Waals surface area contributed by atoms with Gasteiger partial charge in [-0.2, -0.15) is 0 Å². The van der Waals surface area contributed by atoms with Crippen molar-refractivity contribution in [1.82, 2.24) is 14.7 Å². The summed E-state index contributed by atoms with van der Waals surface area (Å²) in [7, 11) is 1.61. The Balaban J connectivity index is 1.60. The van der Waals surface area contributed by atoms with E-state index in [4.69, 9.17) is 4.74 Å². The third kappa shape index (κ3) is 4.02. The molecule has 0 aliphatic heterocycles. The van der Waals surface area contributed by atoms with Gasteiger partial charge in [0, 0.05) is 22.9 Å². The van der Waals surface area contributed by atoms with E-state index in [-0.39, 0.29) is 5.91 Å². The van der Waals surface area contributed by atoms with Crippen LogP contribution >= 0.6 is 15.9 Å². The van der Waals surface area contributed by atoms with Gasteiger partial charge in [-0.15, -0.1) is 0 Å². The van der Waals surface area contributed by atoms with E-state index in [9.17, 15) is 4.79 Å². The highest BCUT2D eigenvalue weighted by molar-refractivity contribution is 9.10. The normalized spacial score (nSPS) is 11.1. The van der Waals surface area contributed by atoms with Crippen LogP contribution in [-0.4, -0.2) is 22.4 Å². The van der Waals surface area contributed by atoms with Gasteiger partial charge in [-0.05, 0) is 51.8 Å². The highest BCUT2D eigenvalue weighted by Crippen LogP contribution is 2.14. The van der Waals surface area contributed by atoms with Gasteiger partial charge in [0.05, 0.1) is 19.3 Å². The lowest BCUT2D eigenvalue weighted by atomic mass is 10.2. The number of aromatic nitrogens is 2. The smallest absolute Gasteiger partial charge is 0.244 e. The summed E-state index contributed by atoms with van der Waals surface area (Å²) < 4.78 is 8.05. The minimum atomic E-state index is -0.170. The molecule has 0 aliphatic carbocycles. The van der Waals surface area contributed by atoms with Gasteiger partial charge in [-0.1, -0.05) is 12.1 Å². The van der Waals surface area contributed by atoms with E-state index in [1.54, 1.807) is 13.2 Å². The second-order valence-corrected chi connectivity index (χ2v) is 6.09. The van der Waals surface area contributed by atoms with Crippen LogP contribution in [0, 0.1) is 0 Å². The number of nitrogens with zero attached hydrogens (tertiary/aromatic N) is 2. The first kappa shape index (κ1) is 16.3. The molecule has 1 aromatic carbocycles. The zero-order chi connectivity index (χ0) is 16.9. The molecular weight excluding hydrogens is 370 g/mol. The van der Waals surface area contributed by atoms with Crippen molar-refractivity contribution in [1.29, 1.82) is 0 Å². The Kier molecular flexibility index (Phi) is 4.96. The van der Waals surface area contributed by atoms with Crippen LogP contribution in [0.3, 0.4) is 0 Å². The summed E-state index contributed by atoms with van der Waals surface area (Å²) >= 11 is 3.42. The molecule has 0 spiro atoms. The first-order valence-electron chi connectivity index (χ1n) is 7.37. The Bertz CT molecular complexity index is 902. The average molecular weight is 386 g/mol. The van der Waals surface area contributed by atoms with Crippen LogP contribution < -0.4 is 10.1 Å². The number of hydrogen-bond acceptors (Lipinski definition) is 3. The molecule has 0 saturated carbocycles. The summed E-state index contributed by atoms with van der Waals surface area (Å²) in [6.45, 7) is 0.376. The van der Waals surface area contributed by atoms with Crippen molar-refractivity contribution in [2.75, 3.05) is 7.11 Å². The largest absolute Gasteiger partial charge is 0.497 e. The van der Waals surface area contributed by atoms with E-state index in [2.05, 4.69) is 26.2 Å². The van der Waals surface area contributed by atoms with Crippen LogP contribution in [0.4, 0.5) is 0 Å². The number of amides is 1. The van der Waals surface area contributed by atoms with Gasteiger partial charge in [0.25, 0.3) is 0 Å². The number of pyridine rings is 1. The molecule has 0 saturated heterocycles. The fourth-order valence-electron chi connectivity index (χ4n) is 2.26. The zero-order valence-electron chi connectivity index (χ0n) is 13.1. The van der Waals surface area contributed by atoms with Crippen molar-refractivity contribution in [2.24, 2.45) is 0 Å². The molecule has 0 fully saturated rings. The number of methoxy groups -OCH3 is 1. The molecule has 3 rings (SSSR count). The molecule has 0 unspecified atom stereocenters. The van der Waals surface area contributed by atoms with Crippen molar-refractivity contribution < 1.29 is 9.53 Å². The van der Waals surface area contributed by atoms with Gasteiger partial charge in [-0.3, -0.25) is 4.79 Å². The number of halogens is 1. The molecule has 3 aromatic rings. The van der Waals surface area contributed by atoms with E-state index in [0.717, 1.165) is 27.1 Å². The summed E-state index contributed by atoms with van der Waals surface area (Å²) in [5, 5.41) is 2.83. The number of benzene rings is 1. The SMILES string of the molecule is COc1cccc(/C=C/C(=O)NCc2cn3cc(Br)ccc3n2)c1. The van der Waals surface area contributed by atoms with Crippen molar-refractivity contribution >= 4 is 33.6 Å². The highest BCUT2D eigenvalue weighted by atomic mass is 79.9. The van der Waals surface area contributed by atoms with E-state index in [1.807, 2.05) is 53.2 Å². The second kappa shape index (κ2) is 7.31. The van der Waals surface area contributed by atoms with Crippen molar-refractivity contribution in [3.63, 3.8) is 0 Å². The van der Waals surface area contributed by atoms with Crippen LogP contribution in [0.25, 0.3) is 11.7 Å². The number of ether oxygens (including phenoxy) is 1. The number of fused-ring (bicyclic) bond motifs is 1. The summed E-state index contributed by atoms with van der Waals surface area (Å²) in [5.74, 6) is 0.587. The fraction of sp³-hybridized carbons (Fsp3) is 0.111. The monoisotopic (exact) mass is 385 g/mol. The number of carbonyl (C=O) groups excluding carboxylic acids is 1. The van der Waals surface area contributed by atoms with E-state index in [1.165, 1.54) is 6.08 Å². The van der Waals surface area contributed by atoms with E-state index < -0.39 is 0 Å². The van der Waals surface area contributed by atoms with Gasteiger partial charge < -0.3 is 14.5 Å². The molecule has 5 nitrogen and oxygen atoms in total. The number of imidazole rings is 1. The van der Waals surface area contributed by atoms with Crippen LogP contribution in [-0.2, 0) is 11.3 Å². The Hall–Kier alpha value is -2.60. The maximum absolute atomic E-state index is 11.9. The van der Waals surface area contributed by atoms with Gasteiger partial charge in [0.2, 0.25) is 5.91 Å². The minimum Gasteiger partial charge on any atom is -0.497 e. The van der Waals surface area contributed by atoms with Gasteiger partial charge in [0.1, 0.15) is 11.4 Å². The third-order valence-electron chi connectivity index (χ3n) is 3.43. The van der Waals surface area contributed by atoms with Crippen LogP contribution in [0.15, 0.2) is 59.3 Å². The van der Waals surface area contributed by atoms with Gasteiger partial charge in [-0.25, -0.2) is 4.98 Å². The predicted molar refractivity (Wildman–Crippen MR) is 96.8 cm³/mol. The Morgan fingerprint density at radius 1 is 1.33 bits per heavy atom. The first-order valence-corrected chi connectivity index (χ1v) is 8.16. The van der Waals surface area contributed by atoms with Gasteiger partial charge >= 0.3 is 0 Å². The molecular formula is C18H16BrN3O2. The lowest BCUT2D eigenvalue weighted by Gasteiger charge is -2.00. The Morgan fingerprint density at radius 3 is 3.04 bits per heavy atom. The lowest BCUT2D eigenvalue weighted by Crippen LogP contribution is -2.20. The summed E-state index contributed by atoms with van der Waals surface area (Å²) in [5.41, 5.74) is 2.55. The van der Waals surface area contributed by atoms with E-state index in [0.29, 0.717) is 6.54 Å². The van der Waals surface area contributed by atoms with E-state index >= 15 is 0 Å². The summed E-state index contributed by atoms with van der Waals surface area (Å²) in [6.07, 6.45) is 7.07. The third-order valence-corrected chi connectivity index (χ3v) is 3.90.